The second-order valence-electron chi connectivity index (χ2n) is 8.74. The predicted molar refractivity (Wildman–Crippen MR) is 107 cm³/mol. The first-order chi connectivity index (χ1) is 13.2. The lowest BCUT2D eigenvalue weighted by Gasteiger charge is -2.27. The molecule has 2 heterocycles. The van der Waals surface area contributed by atoms with E-state index in [1.54, 1.807) is 0 Å². The molecule has 3 rings (SSSR count). The topological polar surface area (TPSA) is 55.8 Å². The number of rotatable bonds is 12. The molecule has 1 aliphatic carbocycles. The van der Waals surface area contributed by atoms with Crippen LogP contribution in [-0.4, -0.2) is 36.0 Å². The van der Waals surface area contributed by atoms with Crippen molar-refractivity contribution in [2.24, 2.45) is 11.8 Å². The van der Waals surface area contributed by atoms with E-state index in [9.17, 15) is 4.79 Å². The first-order valence-electron chi connectivity index (χ1n) is 11.4. The van der Waals surface area contributed by atoms with E-state index in [1.165, 1.54) is 64.2 Å². The monoisotopic (exact) mass is 378 g/mol. The van der Waals surface area contributed by atoms with Gasteiger partial charge in [-0.1, -0.05) is 37.8 Å². The van der Waals surface area contributed by atoms with E-state index in [4.69, 9.17) is 14.6 Å². The van der Waals surface area contributed by atoms with Gasteiger partial charge >= 0.3 is 5.97 Å². The Morgan fingerprint density at radius 2 is 1.74 bits per heavy atom. The summed E-state index contributed by atoms with van der Waals surface area (Å²) >= 11 is 0. The van der Waals surface area contributed by atoms with Gasteiger partial charge in [0.1, 0.15) is 0 Å². The molecule has 0 aromatic heterocycles. The fourth-order valence-electron chi connectivity index (χ4n) is 5.30. The standard InChI is InChI=1S/C23H38O4/c24-23(25)14-7-2-1-6-12-19-20(22-16-15-21(19)27-22)13-8-9-17-26-18-10-4-3-5-11-18/h1,6,18-22H,2-5,7-17H2,(H,24,25)/t19-,20+,21-,22+/m1/s1. The van der Waals surface area contributed by atoms with E-state index in [2.05, 4.69) is 12.2 Å². The van der Waals surface area contributed by atoms with Gasteiger partial charge in [-0.15, -0.1) is 0 Å². The van der Waals surface area contributed by atoms with Crippen LogP contribution >= 0.6 is 0 Å². The minimum absolute atomic E-state index is 0.271. The van der Waals surface area contributed by atoms with Crippen LogP contribution in [-0.2, 0) is 14.3 Å². The first-order valence-corrected chi connectivity index (χ1v) is 11.4. The van der Waals surface area contributed by atoms with Crippen LogP contribution < -0.4 is 0 Å². The van der Waals surface area contributed by atoms with Crippen LogP contribution in [0.25, 0.3) is 0 Å². The third kappa shape index (κ3) is 6.60. The second-order valence-corrected chi connectivity index (χ2v) is 8.74. The van der Waals surface area contributed by atoms with Gasteiger partial charge in [0.25, 0.3) is 0 Å². The molecule has 154 valence electrons. The Bertz CT molecular complexity index is 469. The maximum absolute atomic E-state index is 10.6. The smallest absolute Gasteiger partial charge is 0.303 e. The number of ether oxygens (including phenoxy) is 2. The number of carboxylic acid groups (broad SMARTS) is 1. The summed E-state index contributed by atoms with van der Waals surface area (Å²) in [6, 6.07) is 0. The summed E-state index contributed by atoms with van der Waals surface area (Å²) in [6.45, 7) is 0.931. The highest BCUT2D eigenvalue weighted by molar-refractivity contribution is 5.66. The van der Waals surface area contributed by atoms with Crippen LogP contribution in [0, 0.1) is 11.8 Å². The van der Waals surface area contributed by atoms with Gasteiger partial charge in [-0.2, -0.15) is 0 Å². The highest BCUT2D eigenvalue weighted by Gasteiger charge is 2.47. The van der Waals surface area contributed by atoms with Crippen molar-refractivity contribution in [1.82, 2.24) is 0 Å². The SMILES string of the molecule is O=C(O)CCCC=CC[C@@H]1[C@H](CCCCOC2CCCCC2)[C@@H]2CC[C@H]1O2. The van der Waals surface area contributed by atoms with Gasteiger partial charge in [-0.05, 0) is 69.6 Å². The van der Waals surface area contributed by atoms with Crippen molar-refractivity contribution in [3.8, 4) is 0 Å². The van der Waals surface area contributed by atoms with E-state index in [-0.39, 0.29) is 6.42 Å². The largest absolute Gasteiger partial charge is 0.481 e. The molecule has 2 saturated heterocycles. The molecule has 3 fully saturated rings. The van der Waals surface area contributed by atoms with Crippen LogP contribution in [0.4, 0.5) is 0 Å². The molecule has 2 bridgehead atoms. The molecular formula is C23H38O4. The number of hydrogen-bond donors (Lipinski definition) is 1. The zero-order chi connectivity index (χ0) is 18.9. The summed E-state index contributed by atoms with van der Waals surface area (Å²) in [5.41, 5.74) is 0. The maximum Gasteiger partial charge on any atom is 0.303 e. The molecule has 0 aromatic carbocycles. The molecule has 2 aliphatic heterocycles. The summed E-state index contributed by atoms with van der Waals surface area (Å²) in [4.78, 5) is 10.6. The van der Waals surface area contributed by atoms with Gasteiger partial charge in [0.05, 0.1) is 18.3 Å². The van der Waals surface area contributed by atoms with Gasteiger partial charge in [0.2, 0.25) is 0 Å². The molecule has 4 nitrogen and oxygen atoms in total. The van der Waals surface area contributed by atoms with Crippen LogP contribution in [0.5, 0.6) is 0 Å². The molecule has 1 N–H and O–H groups in total. The molecular weight excluding hydrogens is 340 g/mol. The molecule has 4 heteroatoms. The summed E-state index contributed by atoms with van der Waals surface area (Å²) in [6.07, 6.45) is 21.7. The Balaban J connectivity index is 1.31. The summed E-state index contributed by atoms with van der Waals surface area (Å²) in [7, 11) is 0. The second kappa shape index (κ2) is 11.2. The van der Waals surface area contributed by atoms with Crippen molar-refractivity contribution >= 4 is 5.97 Å². The average molecular weight is 379 g/mol. The van der Waals surface area contributed by atoms with Crippen LogP contribution in [0.1, 0.15) is 89.9 Å². The molecule has 0 aromatic rings. The third-order valence-electron chi connectivity index (χ3n) is 6.76. The number of allylic oxidation sites excluding steroid dienone is 2. The van der Waals surface area contributed by atoms with Crippen molar-refractivity contribution in [2.45, 2.75) is 108 Å². The van der Waals surface area contributed by atoms with E-state index in [1.807, 2.05) is 0 Å². The van der Waals surface area contributed by atoms with Gasteiger partial charge in [0, 0.05) is 13.0 Å². The highest BCUT2D eigenvalue weighted by Crippen LogP contribution is 2.47. The fraction of sp³-hybridized carbons (Fsp3) is 0.870. The number of carboxylic acids is 1. The van der Waals surface area contributed by atoms with Gasteiger partial charge in [-0.25, -0.2) is 0 Å². The fourth-order valence-corrected chi connectivity index (χ4v) is 5.30. The van der Waals surface area contributed by atoms with Gasteiger partial charge < -0.3 is 14.6 Å². The molecule has 1 saturated carbocycles. The lowest BCUT2D eigenvalue weighted by Crippen LogP contribution is -2.27. The Kier molecular flexibility index (Phi) is 8.66. The number of fused-ring (bicyclic) bond motifs is 2. The summed E-state index contributed by atoms with van der Waals surface area (Å²) in [5.74, 6) is 0.679. The molecule has 3 aliphatic rings. The lowest BCUT2D eigenvalue weighted by atomic mass is 9.75. The normalized spacial score (nSPS) is 31.1. The molecule has 0 spiro atoms. The number of unbranched alkanes of at least 4 members (excludes halogenated alkanes) is 2. The van der Waals surface area contributed by atoms with E-state index >= 15 is 0 Å². The maximum atomic E-state index is 10.6. The van der Waals surface area contributed by atoms with Gasteiger partial charge in [0.15, 0.2) is 0 Å². The van der Waals surface area contributed by atoms with Gasteiger partial charge in [-0.3, -0.25) is 4.79 Å². The Morgan fingerprint density at radius 1 is 0.963 bits per heavy atom. The zero-order valence-corrected chi connectivity index (χ0v) is 16.8. The summed E-state index contributed by atoms with van der Waals surface area (Å²) < 4.78 is 12.3. The lowest BCUT2D eigenvalue weighted by molar-refractivity contribution is -0.137. The van der Waals surface area contributed by atoms with Crippen molar-refractivity contribution in [2.75, 3.05) is 6.61 Å². The Labute approximate surface area is 164 Å². The van der Waals surface area contributed by atoms with Crippen molar-refractivity contribution in [3.05, 3.63) is 12.2 Å². The predicted octanol–water partition coefficient (Wildman–Crippen LogP) is 5.50. The first kappa shape index (κ1) is 20.9. The van der Waals surface area contributed by atoms with Crippen molar-refractivity contribution in [1.29, 1.82) is 0 Å². The van der Waals surface area contributed by atoms with Crippen LogP contribution in [0.3, 0.4) is 0 Å². The molecule has 0 radical (unpaired) electrons. The van der Waals surface area contributed by atoms with Crippen molar-refractivity contribution < 1.29 is 19.4 Å². The van der Waals surface area contributed by atoms with E-state index < -0.39 is 5.97 Å². The Morgan fingerprint density at radius 3 is 2.52 bits per heavy atom. The number of carbonyl (C=O) groups is 1. The highest BCUT2D eigenvalue weighted by atomic mass is 16.5. The van der Waals surface area contributed by atoms with Crippen LogP contribution in [0.2, 0.25) is 0 Å². The Hall–Kier alpha value is -0.870. The summed E-state index contributed by atoms with van der Waals surface area (Å²) in [5, 5.41) is 8.69. The molecule has 0 unspecified atom stereocenters. The zero-order valence-electron chi connectivity index (χ0n) is 16.8. The van der Waals surface area contributed by atoms with E-state index in [0.29, 0.717) is 30.1 Å². The third-order valence-corrected chi connectivity index (χ3v) is 6.76. The average Bonchev–Trinajstić information content (AvgIpc) is 3.27. The van der Waals surface area contributed by atoms with E-state index in [0.717, 1.165) is 25.9 Å². The quantitative estimate of drug-likeness (QED) is 0.360. The molecule has 4 atom stereocenters. The minimum Gasteiger partial charge on any atom is -0.481 e. The molecule has 27 heavy (non-hydrogen) atoms. The number of aliphatic carboxylic acids is 1. The van der Waals surface area contributed by atoms with Crippen molar-refractivity contribution in [3.63, 3.8) is 0 Å². The van der Waals surface area contributed by atoms with Crippen LogP contribution in [0.15, 0.2) is 12.2 Å². The molecule has 0 amide bonds. The minimum atomic E-state index is -0.697. The number of hydrogen-bond acceptors (Lipinski definition) is 3.